The molecule has 0 saturated heterocycles. The molecule has 0 aliphatic carbocycles. The predicted octanol–water partition coefficient (Wildman–Crippen LogP) is 1.90. The minimum atomic E-state index is -0.914. The van der Waals surface area contributed by atoms with E-state index < -0.39 is 11.8 Å². The predicted molar refractivity (Wildman–Crippen MR) is 91.9 cm³/mol. The van der Waals surface area contributed by atoms with Gasteiger partial charge in [-0.05, 0) is 29.0 Å². The van der Waals surface area contributed by atoms with Crippen LogP contribution in [-0.2, 0) is 16.1 Å². The van der Waals surface area contributed by atoms with Crippen molar-refractivity contribution in [1.82, 2.24) is 10.7 Å². The summed E-state index contributed by atoms with van der Waals surface area (Å²) in [7, 11) is 0. The summed E-state index contributed by atoms with van der Waals surface area (Å²) in [5.41, 5.74) is 2.58. The summed E-state index contributed by atoms with van der Waals surface area (Å²) >= 11 is 0. The van der Waals surface area contributed by atoms with Crippen molar-refractivity contribution in [3.63, 3.8) is 0 Å². The lowest BCUT2D eigenvalue weighted by atomic mass is 10.0. The first-order chi connectivity index (χ1) is 12.1. The Morgan fingerprint density at radius 1 is 1.08 bits per heavy atom. The van der Waals surface area contributed by atoms with E-state index in [1.54, 1.807) is 24.3 Å². The molecule has 3 aromatic rings. The van der Waals surface area contributed by atoms with Crippen LogP contribution >= 0.6 is 0 Å². The molecular formula is C18H15N3O4. The Morgan fingerprint density at radius 3 is 2.72 bits per heavy atom. The Bertz CT molecular complexity index is 933. The van der Waals surface area contributed by atoms with Crippen LogP contribution in [0.15, 0.2) is 64.3 Å². The molecule has 1 aromatic heterocycles. The molecule has 7 heteroatoms. The number of hydrogen-bond donors (Lipinski definition) is 3. The van der Waals surface area contributed by atoms with E-state index in [-0.39, 0.29) is 12.3 Å². The molecule has 0 saturated carbocycles. The molecule has 0 unspecified atom stereocenters. The maximum atomic E-state index is 11.7. The third-order valence-corrected chi connectivity index (χ3v) is 3.52. The van der Waals surface area contributed by atoms with Gasteiger partial charge in [-0.3, -0.25) is 9.59 Å². The molecule has 0 fully saturated rings. The van der Waals surface area contributed by atoms with Crippen LogP contribution in [0.25, 0.3) is 10.8 Å². The summed E-state index contributed by atoms with van der Waals surface area (Å²) < 4.78 is 5.05. The summed E-state index contributed by atoms with van der Waals surface area (Å²) in [6.45, 7) is 0.104. The van der Waals surface area contributed by atoms with Gasteiger partial charge in [-0.1, -0.05) is 30.3 Å². The average molecular weight is 337 g/mol. The molecule has 0 aliphatic rings. The zero-order valence-corrected chi connectivity index (χ0v) is 13.1. The lowest BCUT2D eigenvalue weighted by molar-refractivity contribution is -0.139. The Labute approximate surface area is 143 Å². The van der Waals surface area contributed by atoms with Gasteiger partial charge in [-0.25, -0.2) is 5.43 Å². The van der Waals surface area contributed by atoms with Crippen LogP contribution in [0, 0.1) is 0 Å². The smallest absolute Gasteiger partial charge is 0.329 e. The maximum Gasteiger partial charge on any atom is 0.329 e. The number of phenols is 1. The summed E-state index contributed by atoms with van der Waals surface area (Å²) in [6, 6.07) is 14.1. The summed E-state index contributed by atoms with van der Waals surface area (Å²) in [6.07, 6.45) is 2.78. The van der Waals surface area contributed by atoms with E-state index in [9.17, 15) is 14.7 Å². The third-order valence-electron chi connectivity index (χ3n) is 3.52. The van der Waals surface area contributed by atoms with E-state index in [4.69, 9.17) is 4.42 Å². The first-order valence-electron chi connectivity index (χ1n) is 7.49. The Morgan fingerprint density at radius 2 is 1.92 bits per heavy atom. The number of nitrogens with zero attached hydrogens (tertiary/aromatic N) is 1. The minimum Gasteiger partial charge on any atom is -0.507 e. The molecule has 0 radical (unpaired) electrons. The van der Waals surface area contributed by atoms with Crippen LogP contribution in [-0.4, -0.2) is 23.1 Å². The second kappa shape index (κ2) is 7.31. The van der Waals surface area contributed by atoms with Gasteiger partial charge in [0, 0.05) is 5.56 Å². The van der Waals surface area contributed by atoms with Crippen LogP contribution in [0.3, 0.4) is 0 Å². The van der Waals surface area contributed by atoms with Gasteiger partial charge in [0.2, 0.25) is 0 Å². The molecule has 126 valence electrons. The fourth-order valence-electron chi connectivity index (χ4n) is 2.29. The number of nitrogens with one attached hydrogen (secondary N) is 2. The molecule has 0 atom stereocenters. The van der Waals surface area contributed by atoms with Gasteiger partial charge in [0.25, 0.3) is 0 Å². The summed E-state index contributed by atoms with van der Waals surface area (Å²) in [4.78, 5) is 23.4. The van der Waals surface area contributed by atoms with E-state index >= 15 is 0 Å². The first kappa shape index (κ1) is 16.3. The fraction of sp³-hybridized carbons (Fsp3) is 0.0556. The number of carbonyl (C=O) groups is 2. The van der Waals surface area contributed by atoms with E-state index in [0.29, 0.717) is 11.3 Å². The topological polar surface area (TPSA) is 104 Å². The number of hydrogen-bond acceptors (Lipinski definition) is 5. The van der Waals surface area contributed by atoms with Gasteiger partial charge in [-0.15, -0.1) is 0 Å². The van der Waals surface area contributed by atoms with Crippen LogP contribution < -0.4 is 10.7 Å². The van der Waals surface area contributed by atoms with Crippen LogP contribution in [0.1, 0.15) is 11.3 Å². The largest absolute Gasteiger partial charge is 0.507 e. The van der Waals surface area contributed by atoms with Crippen LogP contribution in [0.2, 0.25) is 0 Å². The minimum absolute atomic E-state index is 0.0268. The molecule has 0 spiro atoms. The number of rotatable bonds is 4. The van der Waals surface area contributed by atoms with E-state index in [2.05, 4.69) is 15.8 Å². The van der Waals surface area contributed by atoms with Crippen molar-refractivity contribution in [3.8, 4) is 5.75 Å². The Kier molecular flexibility index (Phi) is 4.75. The van der Waals surface area contributed by atoms with Crippen molar-refractivity contribution in [1.29, 1.82) is 0 Å². The first-order valence-corrected chi connectivity index (χ1v) is 7.49. The molecule has 3 N–H and O–H groups in total. The van der Waals surface area contributed by atoms with Crippen LogP contribution in [0.4, 0.5) is 0 Å². The van der Waals surface area contributed by atoms with Gasteiger partial charge in [-0.2, -0.15) is 5.10 Å². The van der Waals surface area contributed by atoms with Crippen molar-refractivity contribution in [3.05, 3.63) is 66.1 Å². The molecule has 25 heavy (non-hydrogen) atoms. The van der Waals surface area contributed by atoms with Gasteiger partial charge >= 0.3 is 11.8 Å². The summed E-state index contributed by atoms with van der Waals surface area (Å²) in [5, 5.41) is 17.8. The number of benzene rings is 2. The van der Waals surface area contributed by atoms with Gasteiger partial charge in [0.1, 0.15) is 11.5 Å². The second-order valence-electron chi connectivity index (χ2n) is 5.18. The molecule has 0 bridgehead atoms. The monoisotopic (exact) mass is 337 g/mol. The van der Waals surface area contributed by atoms with Gasteiger partial charge < -0.3 is 14.8 Å². The average Bonchev–Trinajstić information content (AvgIpc) is 3.15. The quantitative estimate of drug-likeness (QED) is 0.384. The molecule has 0 aliphatic heterocycles. The third kappa shape index (κ3) is 3.84. The second-order valence-corrected chi connectivity index (χ2v) is 5.18. The summed E-state index contributed by atoms with van der Waals surface area (Å²) in [5.74, 6) is -1.19. The number of aromatic hydroxyl groups is 1. The van der Waals surface area contributed by atoms with Crippen molar-refractivity contribution in [2.45, 2.75) is 6.54 Å². The highest BCUT2D eigenvalue weighted by Gasteiger charge is 2.12. The molecule has 2 aromatic carbocycles. The molecule has 7 nitrogen and oxygen atoms in total. The Balaban J connectivity index is 1.64. The standard InChI is InChI=1S/C18H15N3O4/c22-16-8-7-12-4-1-2-6-14(12)15(16)11-20-21-18(24)17(23)19-10-13-5-3-9-25-13/h1-9,11,22H,10H2,(H,19,23)(H,21,24)/b20-11-. The lowest BCUT2D eigenvalue weighted by Crippen LogP contribution is -2.37. The van der Waals surface area contributed by atoms with Gasteiger partial charge in [0.05, 0.1) is 19.0 Å². The Hall–Kier alpha value is -3.61. The zero-order chi connectivity index (χ0) is 17.6. The number of phenolic OH excluding ortho intramolecular Hbond substituents is 1. The van der Waals surface area contributed by atoms with Crippen molar-refractivity contribution in [2.24, 2.45) is 5.10 Å². The lowest BCUT2D eigenvalue weighted by Gasteiger charge is -2.05. The number of furan rings is 1. The van der Waals surface area contributed by atoms with Gasteiger partial charge in [0.15, 0.2) is 0 Å². The normalized spacial score (nSPS) is 10.9. The number of fused-ring (bicyclic) bond motifs is 1. The van der Waals surface area contributed by atoms with E-state index in [1.165, 1.54) is 12.5 Å². The highest BCUT2D eigenvalue weighted by molar-refractivity contribution is 6.35. The molecule has 3 rings (SSSR count). The van der Waals surface area contributed by atoms with Crippen molar-refractivity contribution in [2.75, 3.05) is 0 Å². The van der Waals surface area contributed by atoms with E-state index in [0.717, 1.165) is 10.8 Å². The molecule has 1 heterocycles. The van der Waals surface area contributed by atoms with Crippen molar-refractivity contribution >= 4 is 28.8 Å². The molecular weight excluding hydrogens is 322 g/mol. The van der Waals surface area contributed by atoms with Crippen molar-refractivity contribution < 1.29 is 19.1 Å². The van der Waals surface area contributed by atoms with E-state index in [1.807, 2.05) is 24.3 Å². The number of carbonyl (C=O) groups excluding carboxylic acids is 2. The van der Waals surface area contributed by atoms with Crippen LogP contribution in [0.5, 0.6) is 5.75 Å². The fourth-order valence-corrected chi connectivity index (χ4v) is 2.29. The number of amides is 2. The zero-order valence-electron chi connectivity index (χ0n) is 13.1. The SMILES string of the molecule is O=C(NCc1ccco1)C(=O)N/N=C\c1c(O)ccc2ccccc12. The highest BCUT2D eigenvalue weighted by atomic mass is 16.3. The maximum absolute atomic E-state index is 11.7. The molecule has 2 amide bonds. The number of hydrazone groups is 1. The highest BCUT2D eigenvalue weighted by Crippen LogP contribution is 2.25.